The van der Waals surface area contributed by atoms with E-state index in [0.717, 1.165) is 22.9 Å². The van der Waals surface area contributed by atoms with Crippen LogP contribution in [0.2, 0.25) is 0 Å². The molecule has 0 aromatic heterocycles. The van der Waals surface area contributed by atoms with Crippen LogP contribution in [-0.2, 0) is 0 Å². The summed E-state index contributed by atoms with van der Waals surface area (Å²) in [6.45, 7) is 0.644. The van der Waals surface area contributed by atoms with Crippen molar-refractivity contribution in [3.8, 4) is 11.5 Å². The topological polar surface area (TPSA) is 44.5 Å². The van der Waals surface area contributed by atoms with Crippen LogP contribution in [0.25, 0.3) is 0 Å². The summed E-state index contributed by atoms with van der Waals surface area (Å²) in [5.74, 6) is 2.56. The number of rotatable bonds is 6. The Labute approximate surface area is 117 Å². The van der Waals surface area contributed by atoms with Gasteiger partial charge in [-0.05, 0) is 30.3 Å². The number of methoxy groups -OCH3 is 1. The Balaban J connectivity index is 1.77. The maximum Gasteiger partial charge on any atom is 0.121 e. The molecule has 0 bridgehead atoms. The molecule has 4 heteroatoms. The maximum atomic E-state index is 5.69. The summed E-state index contributed by atoms with van der Waals surface area (Å²) in [4.78, 5) is 1.18. The molecule has 0 aliphatic rings. The maximum absolute atomic E-state index is 5.69. The third-order valence-electron chi connectivity index (χ3n) is 2.52. The fourth-order valence-electron chi connectivity index (χ4n) is 1.61. The van der Waals surface area contributed by atoms with E-state index in [0.29, 0.717) is 6.61 Å². The summed E-state index contributed by atoms with van der Waals surface area (Å²) in [6, 6.07) is 15.5. The first-order valence-electron chi connectivity index (χ1n) is 6.03. The lowest BCUT2D eigenvalue weighted by molar-refractivity contribution is 0.344. The highest BCUT2D eigenvalue weighted by atomic mass is 32.2. The second kappa shape index (κ2) is 6.95. The molecule has 2 aromatic rings. The van der Waals surface area contributed by atoms with Crippen molar-refractivity contribution in [2.45, 2.75) is 4.90 Å². The fourth-order valence-corrected chi connectivity index (χ4v) is 2.39. The van der Waals surface area contributed by atoms with Crippen molar-refractivity contribution < 1.29 is 9.47 Å². The normalized spacial score (nSPS) is 10.2. The van der Waals surface area contributed by atoms with Crippen LogP contribution in [0.15, 0.2) is 53.4 Å². The Morgan fingerprint density at radius 1 is 1.05 bits per heavy atom. The van der Waals surface area contributed by atoms with Crippen molar-refractivity contribution in [1.29, 1.82) is 0 Å². The minimum Gasteiger partial charge on any atom is -0.497 e. The predicted molar refractivity (Wildman–Crippen MR) is 80.1 cm³/mol. The zero-order valence-corrected chi connectivity index (χ0v) is 11.7. The second-order valence-electron chi connectivity index (χ2n) is 3.95. The van der Waals surface area contributed by atoms with Gasteiger partial charge in [0.25, 0.3) is 0 Å². The van der Waals surface area contributed by atoms with Crippen LogP contribution in [0.5, 0.6) is 11.5 Å². The Morgan fingerprint density at radius 3 is 2.63 bits per heavy atom. The molecule has 0 aliphatic heterocycles. The molecule has 0 aliphatic carbocycles. The zero-order chi connectivity index (χ0) is 13.5. The summed E-state index contributed by atoms with van der Waals surface area (Å²) in [5, 5.41) is 0. The van der Waals surface area contributed by atoms with Gasteiger partial charge in [-0.15, -0.1) is 11.8 Å². The molecule has 0 heterocycles. The summed E-state index contributed by atoms with van der Waals surface area (Å²) >= 11 is 1.74. The first kappa shape index (κ1) is 13.6. The monoisotopic (exact) mass is 275 g/mol. The third-order valence-corrected chi connectivity index (χ3v) is 3.48. The van der Waals surface area contributed by atoms with E-state index in [4.69, 9.17) is 15.2 Å². The second-order valence-corrected chi connectivity index (χ2v) is 5.12. The van der Waals surface area contributed by atoms with Gasteiger partial charge >= 0.3 is 0 Å². The highest BCUT2D eigenvalue weighted by molar-refractivity contribution is 7.99. The van der Waals surface area contributed by atoms with Crippen molar-refractivity contribution in [1.82, 2.24) is 0 Å². The number of hydrogen-bond acceptors (Lipinski definition) is 4. The number of benzene rings is 2. The fraction of sp³-hybridized carbons (Fsp3) is 0.200. The number of thioether (sulfide) groups is 1. The summed E-state index contributed by atoms with van der Waals surface area (Å²) in [5.41, 5.74) is 6.41. The third kappa shape index (κ3) is 4.41. The van der Waals surface area contributed by atoms with E-state index in [-0.39, 0.29) is 0 Å². The number of hydrogen-bond donors (Lipinski definition) is 1. The van der Waals surface area contributed by atoms with Gasteiger partial charge in [0.15, 0.2) is 0 Å². The molecular weight excluding hydrogens is 258 g/mol. The van der Waals surface area contributed by atoms with Gasteiger partial charge in [-0.2, -0.15) is 0 Å². The van der Waals surface area contributed by atoms with Crippen molar-refractivity contribution in [2.75, 3.05) is 25.2 Å². The highest BCUT2D eigenvalue weighted by Crippen LogP contribution is 2.23. The van der Waals surface area contributed by atoms with Gasteiger partial charge in [0.05, 0.1) is 13.7 Å². The number of ether oxygens (including phenoxy) is 2. The molecule has 0 saturated heterocycles. The van der Waals surface area contributed by atoms with Crippen molar-refractivity contribution in [3.05, 3.63) is 48.5 Å². The smallest absolute Gasteiger partial charge is 0.121 e. The van der Waals surface area contributed by atoms with E-state index in [9.17, 15) is 0 Å². The van der Waals surface area contributed by atoms with Crippen LogP contribution in [0.4, 0.5) is 5.69 Å². The molecule has 0 unspecified atom stereocenters. The van der Waals surface area contributed by atoms with Gasteiger partial charge < -0.3 is 15.2 Å². The first-order chi connectivity index (χ1) is 9.28. The first-order valence-corrected chi connectivity index (χ1v) is 7.01. The van der Waals surface area contributed by atoms with Gasteiger partial charge in [0.1, 0.15) is 11.5 Å². The van der Waals surface area contributed by atoms with E-state index in [1.165, 1.54) is 4.90 Å². The Morgan fingerprint density at radius 2 is 1.84 bits per heavy atom. The van der Waals surface area contributed by atoms with E-state index < -0.39 is 0 Å². The van der Waals surface area contributed by atoms with Crippen LogP contribution in [0, 0.1) is 0 Å². The van der Waals surface area contributed by atoms with Crippen LogP contribution >= 0.6 is 11.8 Å². The molecule has 100 valence electrons. The lowest BCUT2D eigenvalue weighted by Gasteiger charge is -2.07. The van der Waals surface area contributed by atoms with E-state index >= 15 is 0 Å². The van der Waals surface area contributed by atoms with Crippen LogP contribution in [-0.4, -0.2) is 19.5 Å². The summed E-state index contributed by atoms with van der Waals surface area (Å²) in [7, 11) is 1.67. The van der Waals surface area contributed by atoms with Crippen LogP contribution < -0.4 is 15.2 Å². The summed E-state index contributed by atoms with van der Waals surface area (Å²) in [6.07, 6.45) is 0. The molecule has 2 aromatic carbocycles. The van der Waals surface area contributed by atoms with Gasteiger partial charge in [-0.3, -0.25) is 0 Å². The van der Waals surface area contributed by atoms with E-state index in [2.05, 4.69) is 6.07 Å². The van der Waals surface area contributed by atoms with Crippen molar-refractivity contribution >= 4 is 17.4 Å². The average molecular weight is 275 g/mol. The molecule has 0 fully saturated rings. The predicted octanol–water partition coefficient (Wildman–Crippen LogP) is 3.45. The van der Waals surface area contributed by atoms with E-state index in [1.54, 1.807) is 18.9 Å². The number of nitrogen functional groups attached to an aromatic ring is 1. The SMILES string of the molecule is COc1cccc(SCCOc2cccc(N)c2)c1. The molecule has 0 amide bonds. The quantitative estimate of drug-likeness (QED) is 0.498. The Bertz CT molecular complexity index is 531. The number of nitrogens with two attached hydrogens (primary N) is 1. The molecule has 2 N–H and O–H groups in total. The molecule has 19 heavy (non-hydrogen) atoms. The minimum atomic E-state index is 0.644. The molecule has 2 rings (SSSR count). The van der Waals surface area contributed by atoms with Gasteiger partial charge in [0, 0.05) is 22.4 Å². The average Bonchev–Trinajstić information content (AvgIpc) is 2.44. The highest BCUT2D eigenvalue weighted by Gasteiger charge is 1.98. The minimum absolute atomic E-state index is 0.644. The Hall–Kier alpha value is -1.81. The lowest BCUT2D eigenvalue weighted by atomic mass is 10.3. The van der Waals surface area contributed by atoms with Gasteiger partial charge in [-0.25, -0.2) is 0 Å². The molecule has 0 saturated carbocycles. The van der Waals surface area contributed by atoms with Crippen molar-refractivity contribution in [3.63, 3.8) is 0 Å². The zero-order valence-electron chi connectivity index (χ0n) is 10.8. The molecule has 3 nitrogen and oxygen atoms in total. The molecular formula is C15H17NO2S. The largest absolute Gasteiger partial charge is 0.497 e. The van der Waals surface area contributed by atoms with Crippen molar-refractivity contribution in [2.24, 2.45) is 0 Å². The molecule has 0 radical (unpaired) electrons. The number of anilines is 1. The van der Waals surface area contributed by atoms with Crippen LogP contribution in [0.3, 0.4) is 0 Å². The summed E-state index contributed by atoms with van der Waals surface area (Å²) < 4.78 is 10.8. The molecule has 0 spiro atoms. The lowest BCUT2D eigenvalue weighted by Crippen LogP contribution is -2.00. The van der Waals surface area contributed by atoms with Crippen LogP contribution in [0.1, 0.15) is 0 Å². The van der Waals surface area contributed by atoms with Gasteiger partial charge in [0.2, 0.25) is 0 Å². The van der Waals surface area contributed by atoms with Gasteiger partial charge in [-0.1, -0.05) is 12.1 Å². The standard InChI is InChI=1S/C15H17NO2S/c1-17-13-5-3-7-15(11-13)19-9-8-18-14-6-2-4-12(16)10-14/h2-7,10-11H,8-9,16H2,1H3. The van der Waals surface area contributed by atoms with E-state index in [1.807, 2.05) is 42.5 Å². The molecule has 0 atom stereocenters. The Kier molecular flexibility index (Phi) is 4.98.